The first-order valence-corrected chi connectivity index (χ1v) is 7.46. The number of amides is 1. The standard InChI is InChI=1S/C18H12F4N2O2/c1-10-15(16(24-26-10)11-4-2-6-13(19)8-11)17(25)23-14-7-3-5-12(9-14)18(20,21)22/h2-9H,1H3,(H,23,25). The molecule has 26 heavy (non-hydrogen) atoms. The molecule has 4 nitrogen and oxygen atoms in total. The molecule has 1 aromatic heterocycles. The van der Waals surface area contributed by atoms with E-state index in [1.165, 1.54) is 37.3 Å². The molecule has 0 aliphatic rings. The highest BCUT2D eigenvalue weighted by atomic mass is 19.4. The third-order valence-electron chi connectivity index (χ3n) is 3.64. The largest absolute Gasteiger partial charge is 0.416 e. The van der Waals surface area contributed by atoms with Crippen molar-refractivity contribution in [2.75, 3.05) is 5.32 Å². The van der Waals surface area contributed by atoms with E-state index in [0.717, 1.165) is 12.1 Å². The Hall–Kier alpha value is -3.16. The smallest absolute Gasteiger partial charge is 0.360 e. The van der Waals surface area contributed by atoms with E-state index in [1.54, 1.807) is 6.07 Å². The number of aromatic nitrogens is 1. The summed E-state index contributed by atoms with van der Waals surface area (Å²) in [6.07, 6.45) is -4.53. The Balaban J connectivity index is 1.93. The van der Waals surface area contributed by atoms with Crippen LogP contribution in [0.5, 0.6) is 0 Å². The minimum atomic E-state index is -4.53. The number of halogens is 4. The molecule has 1 heterocycles. The number of hydrogen-bond acceptors (Lipinski definition) is 3. The van der Waals surface area contributed by atoms with Gasteiger partial charge in [0.05, 0.1) is 5.56 Å². The molecule has 3 rings (SSSR count). The summed E-state index contributed by atoms with van der Waals surface area (Å²) >= 11 is 0. The third-order valence-corrected chi connectivity index (χ3v) is 3.64. The van der Waals surface area contributed by atoms with E-state index in [2.05, 4.69) is 10.5 Å². The summed E-state index contributed by atoms with van der Waals surface area (Å²) in [6.45, 7) is 1.48. The van der Waals surface area contributed by atoms with Gasteiger partial charge in [0, 0.05) is 11.3 Å². The Morgan fingerprint density at radius 3 is 2.54 bits per heavy atom. The van der Waals surface area contributed by atoms with Gasteiger partial charge in [0.25, 0.3) is 5.91 Å². The highest BCUT2D eigenvalue weighted by Gasteiger charge is 2.30. The van der Waals surface area contributed by atoms with Crippen LogP contribution in [-0.4, -0.2) is 11.1 Å². The third kappa shape index (κ3) is 3.58. The predicted molar refractivity (Wildman–Crippen MR) is 86.0 cm³/mol. The molecular weight excluding hydrogens is 352 g/mol. The van der Waals surface area contributed by atoms with E-state index in [4.69, 9.17) is 4.52 Å². The maximum Gasteiger partial charge on any atom is 0.416 e. The number of benzene rings is 2. The van der Waals surface area contributed by atoms with Crippen molar-refractivity contribution >= 4 is 11.6 Å². The van der Waals surface area contributed by atoms with Gasteiger partial charge in [-0.15, -0.1) is 0 Å². The minimum Gasteiger partial charge on any atom is -0.360 e. The van der Waals surface area contributed by atoms with Crippen LogP contribution in [-0.2, 0) is 6.18 Å². The first-order chi connectivity index (χ1) is 12.3. The molecule has 3 aromatic rings. The molecule has 0 aliphatic carbocycles. The fraction of sp³-hybridized carbons (Fsp3) is 0.111. The van der Waals surface area contributed by atoms with E-state index in [0.29, 0.717) is 5.56 Å². The van der Waals surface area contributed by atoms with Crippen molar-refractivity contribution in [1.82, 2.24) is 5.16 Å². The van der Waals surface area contributed by atoms with Crippen LogP contribution in [0.2, 0.25) is 0 Å². The van der Waals surface area contributed by atoms with Crippen molar-refractivity contribution in [1.29, 1.82) is 0 Å². The van der Waals surface area contributed by atoms with E-state index < -0.39 is 23.5 Å². The number of nitrogens with zero attached hydrogens (tertiary/aromatic N) is 1. The van der Waals surface area contributed by atoms with E-state index in [9.17, 15) is 22.4 Å². The predicted octanol–water partition coefficient (Wildman–Crippen LogP) is 5.06. The van der Waals surface area contributed by atoms with Crippen molar-refractivity contribution in [2.24, 2.45) is 0 Å². The maximum absolute atomic E-state index is 13.4. The van der Waals surface area contributed by atoms with Crippen molar-refractivity contribution in [3.8, 4) is 11.3 Å². The lowest BCUT2D eigenvalue weighted by Crippen LogP contribution is -2.14. The first kappa shape index (κ1) is 17.7. The quantitative estimate of drug-likeness (QED) is 0.661. The molecule has 0 fully saturated rings. The molecular formula is C18H12F4N2O2. The summed E-state index contributed by atoms with van der Waals surface area (Å²) in [5.74, 6) is -1.07. The fourth-order valence-electron chi connectivity index (χ4n) is 2.44. The van der Waals surface area contributed by atoms with Gasteiger partial charge in [-0.2, -0.15) is 13.2 Å². The Labute approximate surface area is 145 Å². The fourth-order valence-corrected chi connectivity index (χ4v) is 2.44. The molecule has 0 unspecified atom stereocenters. The Morgan fingerprint density at radius 2 is 1.85 bits per heavy atom. The van der Waals surface area contributed by atoms with Crippen LogP contribution >= 0.6 is 0 Å². The lowest BCUT2D eigenvalue weighted by Gasteiger charge is -2.10. The van der Waals surface area contributed by atoms with E-state index >= 15 is 0 Å². The number of alkyl halides is 3. The Kier molecular flexibility index (Phi) is 4.50. The van der Waals surface area contributed by atoms with Gasteiger partial charge in [-0.1, -0.05) is 23.4 Å². The molecule has 2 aromatic carbocycles. The molecule has 0 radical (unpaired) electrons. The molecule has 0 saturated heterocycles. The zero-order chi connectivity index (χ0) is 18.9. The molecule has 8 heteroatoms. The summed E-state index contributed by atoms with van der Waals surface area (Å²) in [7, 11) is 0. The molecule has 0 bridgehead atoms. The number of carbonyl (C=O) groups is 1. The van der Waals surface area contributed by atoms with Crippen LogP contribution in [0.1, 0.15) is 21.7 Å². The van der Waals surface area contributed by atoms with Crippen molar-refractivity contribution in [2.45, 2.75) is 13.1 Å². The molecule has 0 spiro atoms. The topological polar surface area (TPSA) is 55.1 Å². The van der Waals surface area contributed by atoms with Gasteiger partial charge in [-0.3, -0.25) is 4.79 Å². The average molecular weight is 364 g/mol. The van der Waals surface area contributed by atoms with Gasteiger partial charge in [0.15, 0.2) is 0 Å². The summed E-state index contributed by atoms with van der Waals surface area (Å²) in [5.41, 5.74) is -0.478. The van der Waals surface area contributed by atoms with Crippen LogP contribution < -0.4 is 5.32 Å². The normalized spacial score (nSPS) is 11.4. The second kappa shape index (κ2) is 6.62. The van der Waals surface area contributed by atoms with Crippen molar-refractivity contribution < 1.29 is 26.9 Å². The molecule has 0 atom stereocenters. The number of hydrogen-bond donors (Lipinski definition) is 1. The minimum absolute atomic E-state index is 0.0213. The van der Waals surface area contributed by atoms with Gasteiger partial charge in [-0.25, -0.2) is 4.39 Å². The van der Waals surface area contributed by atoms with Gasteiger partial charge < -0.3 is 9.84 Å². The highest BCUT2D eigenvalue weighted by molar-refractivity contribution is 6.08. The summed E-state index contributed by atoms with van der Waals surface area (Å²) in [4.78, 5) is 12.5. The van der Waals surface area contributed by atoms with Crippen LogP contribution in [0.3, 0.4) is 0 Å². The second-order valence-corrected chi connectivity index (χ2v) is 5.51. The molecule has 1 N–H and O–H groups in total. The SMILES string of the molecule is Cc1onc(-c2cccc(F)c2)c1C(=O)Nc1cccc(C(F)(F)F)c1. The van der Waals surface area contributed by atoms with E-state index in [-0.39, 0.29) is 22.7 Å². The Bertz CT molecular complexity index is 964. The van der Waals surface area contributed by atoms with Crippen LogP contribution in [0.15, 0.2) is 53.1 Å². The average Bonchev–Trinajstić information content (AvgIpc) is 2.96. The first-order valence-electron chi connectivity index (χ1n) is 7.46. The monoisotopic (exact) mass is 364 g/mol. The zero-order valence-corrected chi connectivity index (χ0v) is 13.4. The summed E-state index contributed by atoms with van der Waals surface area (Å²) in [6, 6.07) is 9.65. The molecule has 0 saturated carbocycles. The van der Waals surface area contributed by atoms with Crippen molar-refractivity contribution in [3.63, 3.8) is 0 Å². The van der Waals surface area contributed by atoms with Gasteiger partial charge >= 0.3 is 6.18 Å². The number of carbonyl (C=O) groups excluding carboxylic acids is 1. The van der Waals surface area contributed by atoms with Crippen LogP contribution in [0.4, 0.5) is 23.2 Å². The molecule has 134 valence electrons. The zero-order valence-electron chi connectivity index (χ0n) is 13.4. The number of anilines is 1. The number of aryl methyl sites for hydroxylation is 1. The van der Waals surface area contributed by atoms with Gasteiger partial charge in [0.2, 0.25) is 0 Å². The van der Waals surface area contributed by atoms with Gasteiger partial charge in [0.1, 0.15) is 22.8 Å². The van der Waals surface area contributed by atoms with Crippen LogP contribution in [0.25, 0.3) is 11.3 Å². The number of nitrogens with one attached hydrogen (secondary N) is 1. The maximum atomic E-state index is 13.4. The summed E-state index contributed by atoms with van der Waals surface area (Å²) < 4.78 is 56.8. The molecule has 1 amide bonds. The second-order valence-electron chi connectivity index (χ2n) is 5.51. The van der Waals surface area contributed by atoms with Gasteiger partial charge in [-0.05, 0) is 37.3 Å². The Morgan fingerprint density at radius 1 is 1.12 bits per heavy atom. The molecule has 0 aliphatic heterocycles. The number of rotatable bonds is 3. The lowest BCUT2D eigenvalue weighted by molar-refractivity contribution is -0.137. The van der Waals surface area contributed by atoms with Crippen LogP contribution in [0, 0.1) is 12.7 Å². The van der Waals surface area contributed by atoms with E-state index in [1.807, 2.05) is 0 Å². The lowest BCUT2D eigenvalue weighted by atomic mass is 10.1. The summed E-state index contributed by atoms with van der Waals surface area (Å²) in [5, 5.41) is 6.15. The highest BCUT2D eigenvalue weighted by Crippen LogP contribution is 2.31. The van der Waals surface area contributed by atoms with Crippen molar-refractivity contribution in [3.05, 3.63) is 71.2 Å².